The minimum atomic E-state index is -0.638. The minimum absolute atomic E-state index is 0.0487. The Morgan fingerprint density at radius 2 is 1.88 bits per heavy atom. The summed E-state index contributed by atoms with van der Waals surface area (Å²) < 4.78 is 26.8. The van der Waals surface area contributed by atoms with Gasteiger partial charge in [0.05, 0.1) is 0 Å². The summed E-state index contributed by atoms with van der Waals surface area (Å²) in [5.41, 5.74) is 5.35. The van der Waals surface area contributed by atoms with Crippen molar-refractivity contribution in [3.63, 3.8) is 0 Å². The zero-order valence-electron chi connectivity index (χ0n) is 9.69. The van der Waals surface area contributed by atoms with Gasteiger partial charge in [0.1, 0.15) is 5.69 Å². The number of anilines is 2. The van der Waals surface area contributed by atoms with Crippen molar-refractivity contribution in [3.8, 4) is 0 Å². The average molecular weight is 228 g/mol. The van der Waals surface area contributed by atoms with Crippen LogP contribution in [0.3, 0.4) is 0 Å². The Bertz CT molecular complexity index is 330. The van der Waals surface area contributed by atoms with Gasteiger partial charge in [0.25, 0.3) is 0 Å². The van der Waals surface area contributed by atoms with Crippen LogP contribution in [-0.4, -0.2) is 6.04 Å². The molecule has 0 aliphatic carbocycles. The summed E-state index contributed by atoms with van der Waals surface area (Å²) in [6.45, 7) is 3.99. The van der Waals surface area contributed by atoms with Gasteiger partial charge in [-0.25, -0.2) is 8.78 Å². The van der Waals surface area contributed by atoms with Gasteiger partial charge in [-0.05, 0) is 25.5 Å². The van der Waals surface area contributed by atoms with Gasteiger partial charge in [0.15, 0.2) is 11.6 Å². The van der Waals surface area contributed by atoms with E-state index in [1.165, 1.54) is 0 Å². The van der Waals surface area contributed by atoms with Crippen molar-refractivity contribution in [2.45, 2.75) is 39.2 Å². The quantitative estimate of drug-likeness (QED) is 0.756. The van der Waals surface area contributed by atoms with E-state index in [2.05, 4.69) is 12.2 Å². The molecule has 1 atom stereocenters. The number of benzene rings is 1. The topological polar surface area (TPSA) is 38.0 Å². The third-order valence-electron chi connectivity index (χ3n) is 2.45. The molecule has 1 aromatic carbocycles. The van der Waals surface area contributed by atoms with Crippen LogP contribution in [0.1, 0.15) is 33.1 Å². The first kappa shape index (κ1) is 12.7. The molecular weight excluding hydrogens is 210 g/mol. The third kappa shape index (κ3) is 3.36. The molecule has 0 amide bonds. The SMILES string of the molecule is CCCCC(C)Nc1c(F)cc(N)cc1F. The lowest BCUT2D eigenvalue weighted by Crippen LogP contribution is -2.17. The van der Waals surface area contributed by atoms with E-state index >= 15 is 0 Å². The number of nitrogen functional groups attached to an aromatic ring is 1. The minimum Gasteiger partial charge on any atom is -0.399 e. The van der Waals surface area contributed by atoms with E-state index in [1.54, 1.807) is 0 Å². The predicted octanol–water partition coefficient (Wildman–Crippen LogP) is 3.54. The fraction of sp³-hybridized carbons (Fsp3) is 0.500. The highest BCUT2D eigenvalue weighted by Gasteiger charge is 2.12. The standard InChI is InChI=1S/C12H18F2N2/c1-3-4-5-8(2)16-12-10(13)6-9(15)7-11(12)14/h6-8,16H,3-5,15H2,1-2H3. The molecule has 0 bridgehead atoms. The van der Waals surface area contributed by atoms with Crippen LogP contribution < -0.4 is 11.1 Å². The van der Waals surface area contributed by atoms with E-state index in [0.717, 1.165) is 31.4 Å². The van der Waals surface area contributed by atoms with Gasteiger partial charge in [-0.15, -0.1) is 0 Å². The fourth-order valence-electron chi connectivity index (χ4n) is 1.56. The Balaban J connectivity index is 2.73. The number of unbranched alkanes of at least 4 members (excludes halogenated alkanes) is 1. The molecule has 16 heavy (non-hydrogen) atoms. The highest BCUT2D eigenvalue weighted by molar-refractivity contribution is 5.54. The van der Waals surface area contributed by atoms with E-state index < -0.39 is 11.6 Å². The Hall–Kier alpha value is -1.32. The molecule has 90 valence electrons. The van der Waals surface area contributed by atoms with Crippen LogP contribution in [0.4, 0.5) is 20.2 Å². The summed E-state index contributed by atoms with van der Waals surface area (Å²) in [7, 11) is 0. The monoisotopic (exact) mass is 228 g/mol. The second-order valence-electron chi connectivity index (χ2n) is 4.05. The second-order valence-corrected chi connectivity index (χ2v) is 4.05. The second kappa shape index (κ2) is 5.68. The zero-order chi connectivity index (χ0) is 12.1. The molecule has 0 spiro atoms. The van der Waals surface area contributed by atoms with Gasteiger partial charge in [-0.3, -0.25) is 0 Å². The summed E-state index contributed by atoms with van der Waals surface area (Å²) in [6, 6.07) is 2.29. The van der Waals surface area contributed by atoms with Crippen molar-refractivity contribution < 1.29 is 8.78 Å². The van der Waals surface area contributed by atoms with Crippen LogP contribution in [0.25, 0.3) is 0 Å². The van der Waals surface area contributed by atoms with E-state index in [4.69, 9.17) is 5.73 Å². The average Bonchev–Trinajstić information content (AvgIpc) is 2.20. The van der Waals surface area contributed by atoms with Crippen LogP contribution in [0.2, 0.25) is 0 Å². The van der Waals surface area contributed by atoms with Gasteiger partial charge in [0, 0.05) is 11.7 Å². The number of halogens is 2. The first-order valence-corrected chi connectivity index (χ1v) is 5.55. The number of rotatable bonds is 5. The lowest BCUT2D eigenvalue weighted by Gasteiger charge is -2.16. The molecule has 0 fully saturated rings. The van der Waals surface area contributed by atoms with Crippen molar-refractivity contribution >= 4 is 11.4 Å². The fourth-order valence-corrected chi connectivity index (χ4v) is 1.56. The van der Waals surface area contributed by atoms with Crippen molar-refractivity contribution in [2.24, 2.45) is 0 Å². The smallest absolute Gasteiger partial charge is 0.151 e. The summed E-state index contributed by atoms with van der Waals surface area (Å²) in [5.74, 6) is -1.28. The lowest BCUT2D eigenvalue weighted by molar-refractivity contribution is 0.576. The van der Waals surface area contributed by atoms with Crippen molar-refractivity contribution in [3.05, 3.63) is 23.8 Å². The maximum Gasteiger partial charge on any atom is 0.151 e. The lowest BCUT2D eigenvalue weighted by atomic mass is 10.1. The largest absolute Gasteiger partial charge is 0.399 e. The van der Waals surface area contributed by atoms with Crippen molar-refractivity contribution in [1.82, 2.24) is 0 Å². The summed E-state index contributed by atoms with van der Waals surface area (Å²) in [5, 5.41) is 2.83. The number of hydrogen-bond acceptors (Lipinski definition) is 2. The highest BCUT2D eigenvalue weighted by Crippen LogP contribution is 2.23. The van der Waals surface area contributed by atoms with E-state index in [-0.39, 0.29) is 17.4 Å². The first-order chi connectivity index (χ1) is 7.54. The number of hydrogen-bond donors (Lipinski definition) is 2. The molecule has 4 heteroatoms. The van der Waals surface area contributed by atoms with E-state index in [1.807, 2.05) is 6.92 Å². The van der Waals surface area contributed by atoms with Crippen LogP contribution in [0.15, 0.2) is 12.1 Å². The maximum atomic E-state index is 13.4. The van der Waals surface area contributed by atoms with Gasteiger partial charge >= 0.3 is 0 Å². The first-order valence-electron chi connectivity index (χ1n) is 5.55. The molecule has 0 aliphatic rings. The molecule has 1 unspecified atom stereocenters. The maximum absolute atomic E-state index is 13.4. The molecule has 0 aromatic heterocycles. The molecule has 3 N–H and O–H groups in total. The molecule has 0 radical (unpaired) electrons. The van der Waals surface area contributed by atoms with Crippen LogP contribution >= 0.6 is 0 Å². The molecular formula is C12H18F2N2. The third-order valence-corrected chi connectivity index (χ3v) is 2.45. The van der Waals surface area contributed by atoms with E-state index in [9.17, 15) is 8.78 Å². The van der Waals surface area contributed by atoms with Crippen molar-refractivity contribution in [1.29, 1.82) is 0 Å². The zero-order valence-corrected chi connectivity index (χ0v) is 9.69. The Morgan fingerprint density at radius 3 is 2.38 bits per heavy atom. The van der Waals surface area contributed by atoms with Gasteiger partial charge in [0.2, 0.25) is 0 Å². The van der Waals surface area contributed by atoms with Gasteiger partial charge in [-0.1, -0.05) is 19.8 Å². The summed E-state index contributed by atoms with van der Waals surface area (Å²) in [4.78, 5) is 0. The highest BCUT2D eigenvalue weighted by atomic mass is 19.1. The Morgan fingerprint density at radius 1 is 1.31 bits per heavy atom. The van der Waals surface area contributed by atoms with Crippen LogP contribution in [0.5, 0.6) is 0 Å². The number of nitrogens with one attached hydrogen (secondary N) is 1. The summed E-state index contributed by atoms with van der Waals surface area (Å²) in [6.07, 6.45) is 2.99. The summed E-state index contributed by atoms with van der Waals surface area (Å²) >= 11 is 0. The molecule has 1 rings (SSSR count). The van der Waals surface area contributed by atoms with Gasteiger partial charge < -0.3 is 11.1 Å². The van der Waals surface area contributed by atoms with E-state index in [0.29, 0.717) is 0 Å². The van der Waals surface area contributed by atoms with Crippen LogP contribution in [-0.2, 0) is 0 Å². The van der Waals surface area contributed by atoms with Crippen molar-refractivity contribution in [2.75, 3.05) is 11.1 Å². The molecule has 0 saturated heterocycles. The molecule has 0 heterocycles. The Labute approximate surface area is 94.8 Å². The normalized spacial score (nSPS) is 12.5. The molecule has 1 aromatic rings. The van der Waals surface area contributed by atoms with Gasteiger partial charge in [-0.2, -0.15) is 0 Å². The predicted molar refractivity (Wildman–Crippen MR) is 63.4 cm³/mol. The molecule has 0 aliphatic heterocycles. The van der Waals surface area contributed by atoms with Crippen LogP contribution in [0, 0.1) is 11.6 Å². The molecule has 2 nitrogen and oxygen atoms in total. The number of nitrogens with two attached hydrogens (primary N) is 1. The Kier molecular flexibility index (Phi) is 4.52. The molecule has 0 saturated carbocycles.